The van der Waals surface area contributed by atoms with Gasteiger partial charge in [-0.05, 0) is 43.7 Å². The van der Waals surface area contributed by atoms with Gasteiger partial charge < -0.3 is 14.5 Å². The molecule has 22 heavy (non-hydrogen) atoms. The molecule has 0 aliphatic carbocycles. The summed E-state index contributed by atoms with van der Waals surface area (Å²) < 4.78 is 5.13. The predicted molar refractivity (Wildman–Crippen MR) is 85.6 cm³/mol. The highest BCUT2D eigenvalue weighted by Crippen LogP contribution is 2.41. The van der Waals surface area contributed by atoms with Gasteiger partial charge in [-0.3, -0.25) is 4.98 Å². The summed E-state index contributed by atoms with van der Waals surface area (Å²) in [6.07, 6.45) is 6.73. The third kappa shape index (κ3) is 3.08. The van der Waals surface area contributed by atoms with E-state index in [2.05, 4.69) is 28.6 Å². The van der Waals surface area contributed by atoms with Crippen LogP contribution in [0.15, 0.2) is 36.9 Å². The molecular weight excluding hydrogens is 278 g/mol. The Balaban J connectivity index is 1.57. The Labute approximate surface area is 131 Å². The summed E-state index contributed by atoms with van der Waals surface area (Å²) in [6.45, 7) is 9.01. The Hall–Kier alpha value is -2.04. The molecule has 3 rings (SSSR count). The van der Waals surface area contributed by atoms with E-state index in [1.165, 1.54) is 5.69 Å². The van der Waals surface area contributed by atoms with Gasteiger partial charge in [0.05, 0.1) is 5.76 Å². The smallest absolute Gasteiger partial charge is 0.414 e. The van der Waals surface area contributed by atoms with E-state index >= 15 is 0 Å². The van der Waals surface area contributed by atoms with Gasteiger partial charge in [0, 0.05) is 44.3 Å². The number of carbonyl (C=O) groups excluding carboxylic acids is 1. The molecule has 2 aliphatic rings. The van der Waals surface area contributed by atoms with Gasteiger partial charge in [0.1, 0.15) is 0 Å². The average molecular weight is 301 g/mol. The average Bonchev–Trinajstić information content (AvgIpc) is 2.92. The first-order chi connectivity index (χ1) is 10.6. The van der Waals surface area contributed by atoms with Gasteiger partial charge in [0.25, 0.3) is 0 Å². The van der Waals surface area contributed by atoms with Crippen LogP contribution in [0.2, 0.25) is 0 Å². The minimum Gasteiger partial charge on any atom is -0.416 e. The molecule has 118 valence electrons. The molecule has 2 fully saturated rings. The fourth-order valence-corrected chi connectivity index (χ4v) is 3.51. The minimum absolute atomic E-state index is 0.249. The van der Waals surface area contributed by atoms with E-state index < -0.39 is 0 Å². The number of allylic oxidation sites excluding steroid dienone is 1. The molecule has 0 radical (unpaired) electrons. The number of pyridine rings is 1. The van der Waals surface area contributed by atoms with Crippen LogP contribution in [0, 0.1) is 5.41 Å². The van der Waals surface area contributed by atoms with E-state index in [1.807, 2.05) is 17.3 Å². The summed E-state index contributed by atoms with van der Waals surface area (Å²) in [5.74, 6) is 0.457. The van der Waals surface area contributed by atoms with Crippen molar-refractivity contribution in [2.24, 2.45) is 5.41 Å². The SMILES string of the molecule is C=C(C)OC(=O)N1CCC2(CCN(c3ccncc3)CC2)C1. The Morgan fingerprint density at radius 2 is 1.86 bits per heavy atom. The zero-order valence-electron chi connectivity index (χ0n) is 13.1. The first kappa shape index (κ1) is 14.9. The Morgan fingerprint density at radius 1 is 1.23 bits per heavy atom. The summed E-state index contributed by atoms with van der Waals surface area (Å²) >= 11 is 0. The van der Waals surface area contributed by atoms with E-state index in [0.29, 0.717) is 5.76 Å². The number of likely N-dealkylation sites (tertiary alicyclic amines) is 1. The molecular formula is C17H23N3O2. The predicted octanol–water partition coefficient (Wildman–Crippen LogP) is 3.04. The first-order valence-electron chi connectivity index (χ1n) is 7.85. The third-order valence-corrected chi connectivity index (χ3v) is 4.81. The van der Waals surface area contributed by atoms with Crippen LogP contribution in [0.1, 0.15) is 26.2 Å². The number of nitrogens with zero attached hydrogens (tertiary/aromatic N) is 3. The van der Waals surface area contributed by atoms with E-state index in [-0.39, 0.29) is 11.5 Å². The van der Waals surface area contributed by atoms with Crippen molar-refractivity contribution in [3.05, 3.63) is 36.9 Å². The van der Waals surface area contributed by atoms with Gasteiger partial charge in [-0.25, -0.2) is 4.79 Å². The van der Waals surface area contributed by atoms with Gasteiger partial charge in [-0.1, -0.05) is 6.58 Å². The van der Waals surface area contributed by atoms with Crippen molar-refractivity contribution < 1.29 is 9.53 Å². The fraction of sp³-hybridized carbons (Fsp3) is 0.529. The molecule has 0 unspecified atom stereocenters. The Morgan fingerprint density at radius 3 is 2.50 bits per heavy atom. The number of ether oxygens (including phenoxy) is 1. The zero-order valence-corrected chi connectivity index (χ0v) is 13.1. The number of hydrogen-bond donors (Lipinski definition) is 0. The van der Waals surface area contributed by atoms with Crippen LogP contribution in [-0.2, 0) is 4.74 Å². The quantitative estimate of drug-likeness (QED) is 0.788. The van der Waals surface area contributed by atoms with Crippen molar-refractivity contribution in [2.45, 2.75) is 26.2 Å². The monoisotopic (exact) mass is 301 g/mol. The molecule has 1 amide bonds. The number of rotatable bonds is 2. The molecule has 0 bridgehead atoms. The maximum Gasteiger partial charge on any atom is 0.414 e. The number of carbonyl (C=O) groups is 1. The van der Waals surface area contributed by atoms with Crippen LogP contribution in [0.25, 0.3) is 0 Å². The minimum atomic E-state index is -0.249. The summed E-state index contributed by atoms with van der Waals surface area (Å²) in [6, 6.07) is 4.12. The lowest BCUT2D eigenvalue weighted by molar-refractivity contribution is 0.129. The fourth-order valence-electron chi connectivity index (χ4n) is 3.51. The number of amides is 1. The lowest BCUT2D eigenvalue weighted by Gasteiger charge is -2.40. The Kier molecular flexibility index (Phi) is 4.05. The van der Waals surface area contributed by atoms with Crippen molar-refractivity contribution in [3.63, 3.8) is 0 Å². The van der Waals surface area contributed by atoms with Crippen LogP contribution >= 0.6 is 0 Å². The molecule has 0 atom stereocenters. The molecule has 0 saturated carbocycles. The van der Waals surface area contributed by atoms with Crippen molar-refractivity contribution in [1.29, 1.82) is 0 Å². The third-order valence-electron chi connectivity index (χ3n) is 4.81. The first-order valence-corrected chi connectivity index (χ1v) is 7.85. The van der Waals surface area contributed by atoms with Crippen LogP contribution in [-0.4, -0.2) is 42.2 Å². The standard InChI is InChI=1S/C17H23N3O2/c1-14(2)22-16(21)20-12-7-17(13-20)5-10-19(11-6-17)15-3-8-18-9-4-15/h3-4,8-9H,1,5-7,10-13H2,2H3. The largest absolute Gasteiger partial charge is 0.416 e. The molecule has 1 spiro atoms. The van der Waals surface area contributed by atoms with E-state index in [1.54, 1.807) is 6.92 Å². The maximum atomic E-state index is 12.0. The zero-order chi connectivity index (χ0) is 15.6. The Bertz CT molecular complexity index is 550. The second-order valence-electron chi connectivity index (χ2n) is 6.43. The van der Waals surface area contributed by atoms with Gasteiger partial charge >= 0.3 is 6.09 Å². The van der Waals surface area contributed by atoms with Crippen molar-refractivity contribution in [1.82, 2.24) is 9.88 Å². The van der Waals surface area contributed by atoms with Crippen molar-refractivity contribution >= 4 is 11.8 Å². The number of anilines is 1. The second kappa shape index (κ2) is 5.99. The van der Waals surface area contributed by atoms with Crippen LogP contribution in [0.3, 0.4) is 0 Å². The second-order valence-corrected chi connectivity index (χ2v) is 6.43. The molecule has 1 aromatic rings. The summed E-state index contributed by atoms with van der Waals surface area (Å²) in [4.78, 5) is 20.3. The molecule has 1 aromatic heterocycles. The van der Waals surface area contributed by atoms with E-state index in [4.69, 9.17) is 4.74 Å². The van der Waals surface area contributed by atoms with Crippen LogP contribution in [0.5, 0.6) is 0 Å². The van der Waals surface area contributed by atoms with Gasteiger partial charge in [-0.2, -0.15) is 0 Å². The molecule has 0 aromatic carbocycles. The topological polar surface area (TPSA) is 45.7 Å². The van der Waals surface area contributed by atoms with E-state index in [9.17, 15) is 4.79 Å². The maximum absolute atomic E-state index is 12.0. The molecule has 5 heteroatoms. The normalized spacial score (nSPS) is 20.2. The van der Waals surface area contributed by atoms with Gasteiger partial charge in [-0.15, -0.1) is 0 Å². The van der Waals surface area contributed by atoms with Crippen molar-refractivity contribution in [3.8, 4) is 0 Å². The lowest BCUT2D eigenvalue weighted by atomic mass is 9.77. The van der Waals surface area contributed by atoms with Gasteiger partial charge in [0.15, 0.2) is 0 Å². The molecule has 2 saturated heterocycles. The summed E-state index contributed by atoms with van der Waals surface area (Å²) in [5.41, 5.74) is 1.50. The highest BCUT2D eigenvalue weighted by Gasteiger charge is 2.42. The molecule has 3 heterocycles. The number of piperidine rings is 1. The molecule has 5 nitrogen and oxygen atoms in total. The molecule has 2 aliphatic heterocycles. The highest BCUT2D eigenvalue weighted by molar-refractivity contribution is 5.69. The number of hydrogen-bond acceptors (Lipinski definition) is 4. The van der Waals surface area contributed by atoms with Crippen LogP contribution < -0.4 is 4.90 Å². The molecule has 0 N–H and O–H groups in total. The summed E-state index contributed by atoms with van der Waals surface area (Å²) in [7, 11) is 0. The summed E-state index contributed by atoms with van der Waals surface area (Å²) in [5, 5.41) is 0. The van der Waals surface area contributed by atoms with E-state index in [0.717, 1.165) is 45.4 Å². The van der Waals surface area contributed by atoms with Crippen LogP contribution in [0.4, 0.5) is 10.5 Å². The van der Waals surface area contributed by atoms with Gasteiger partial charge in [0.2, 0.25) is 0 Å². The lowest BCUT2D eigenvalue weighted by Crippen LogP contribution is -2.42. The number of aromatic nitrogens is 1. The van der Waals surface area contributed by atoms with Crippen molar-refractivity contribution in [2.75, 3.05) is 31.1 Å². The highest BCUT2D eigenvalue weighted by atomic mass is 16.6.